The fraction of sp³-hybridized carbons (Fsp3) is 0. The number of hydrogen-bond donors (Lipinski definition) is 0. The molecule has 0 N–H and O–H groups in total. The van der Waals surface area contributed by atoms with E-state index >= 15 is 0 Å². The molecule has 0 aliphatic carbocycles. The van der Waals surface area contributed by atoms with E-state index in [0.717, 1.165) is 88.0 Å². The molecular weight excluding hydrogens is 857 g/mol. The van der Waals surface area contributed by atoms with Gasteiger partial charge in [0.05, 0.1) is 33.1 Å². The summed E-state index contributed by atoms with van der Waals surface area (Å²) in [7, 11) is 0. The maximum Gasteiger partial charge on any atom is 0.252 e. The fourth-order valence-corrected chi connectivity index (χ4v) is 11.0. The lowest BCUT2D eigenvalue weighted by molar-refractivity contribution is 0.606. The van der Waals surface area contributed by atoms with Gasteiger partial charge in [-0.1, -0.05) is 140 Å². The molecule has 0 aliphatic heterocycles. The summed E-state index contributed by atoms with van der Waals surface area (Å²) < 4.78 is 13.6. The topological polar surface area (TPSA) is 66.6 Å². The first-order chi connectivity index (χ1) is 34.7. The molecule has 10 aromatic carbocycles. The molecule has 0 unspecified atom stereocenters. The van der Waals surface area contributed by atoms with Gasteiger partial charge >= 0.3 is 0 Å². The molecule has 0 radical (unpaired) electrons. The zero-order chi connectivity index (χ0) is 45.9. The summed E-state index contributed by atoms with van der Waals surface area (Å²) >= 11 is 0. The SMILES string of the molecule is c1ccc(-c2nc3c(-c4ccc5c(c4)c4ccccc4n5-c4ccccc4)nc(-n4c5ccc(-c6ccc7c(c6)c6ccccc6n7-c6ccccc6)cc5c5c6ccccc6ccc54)nc3o2)cc1. The van der Waals surface area contributed by atoms with Crippen LogP contribution >= 0.6 is 0 Å². The molecule has 0 spiro atoms. The number of oxazole rings is 1. The van der Waals surface area contributed by atoms with Crippen LogP contribution < -0.4 is 0 Å². The van der Waals surface area contributed by atoms with Crippen LogP contribution in [0, 0.1) is 0 Å². The van der Waals surface area contributed by atoms with Crippen LogP contribution in [0.3, 0.4) is 0 Å². The molecule has 0 saturated carbocycles. The van der Waals surface area contributed by atoms with E-state index in [1.807, 2.05) is 30.3 Å². The molecule has 0 amide bonds. The number of nitrogens with zero attached hydrogens (tertiary/aromatic N) is 6. The van der Waals surface area contributed by atoms with E-state index in [2.05, 4.69) is 214 Å². The Balaban J connectivity index is 0.968. The van der Waals surface area contributed by atoms with E-state index in [1.165, 1.54) is 21.8 Å². The molecule has 5 heterocycles. The standard InChI is InChI=1S/C63H38N6O/c1-4-17-40(18-5-1)61-64-60-59(43-31-34-55-50(38-43)48-25-13-15-27-53(48)68(55)45-21-8-3-9-22-45)65-63(66-62(60)70-61)69-56-33-30-42(37-51(56)58-46-23-11-10-16-39(46)28-35-57(58)69)41-29-32-54-49(36-41)47-24-12-14-26-52(47)67(54)44-19-6-2-7-20-44/h1-38H. The lowest BCUT2D eigenvalue weighted by Gasteiger charge is -2.10. The van der Waals surface area contributed by atoms with Crippen LogP contribution in [0.2, 0.25) is 0 Å². The molecule has 5 aromatic heterocycles. The first-order valence-corrected chi connectivity index (χ1v) is 23.6. The van der Waals surface area contributed by atoms with Crippen molar-refractivity contribution < 1.29 is 4.42 Å². The zero-order valence-electron chi connectivity index (χ0n) is 37.5. The van der Waals surface area contributed by atoms with Gasteiger partial charge in [0.15, 0.2) is 5.52 Å². The van der Waals surface area contributed by atoms with E-state index in [-0.39, 0.29) is 0 Å². The Labute approximate surface area is 400 Å². The second-order valence-electron chi connectivity index (χ2n) is 18.0. The number of rotatable bonds is 6. The van der Waals surface area contributed by atoms with Crippen molar-refractivity contribution >= 4 is 87.4 Å². The summed E-state index contributed by atoms with van der Waals surface area (Å²) in [5.41, 5.74) is 14.6. The molecule has 326 valence electrons. The van der Waals surface area contributed by atoms with Gasteiger partial charge < -0.3 is 13.6 Å². The van der Waals surface area contributed by atoms with Gasteiger partial charge in [0.1, 0.15) is 5.69 Å². The lowest BCUT2D eigenvalue weighted by atomic mass is 9.99. The Morgan fingerprint density at radius 2 is 0.800 bits per heavy atom. The highest BCUT2D eigenvalue weighted by Crippen LogP contribution is 2.42. The Morgan fingerprint density at radius 3 is 1.44 bits per heavy atom. The van der Waals surface area contributed by atoms with Crippen molar-refractivity contribution in [3.05, 3.63) is 231 Å². The van der Waals surface area contributed by atoms with Crippen molar-refractivity contribution in [3.63, 3.8) is 0 Å². The monoisotopic (exact) mass is 894 g/mol. The van der Waals surface area contributed by atoms with Gasteiger partial charge in [-0.05, 0) is 113 Å². The van der Waals surface area contributed by atoms with Crippen LogP contribution in [-0.4, -0.2) is 28.7 Å². The van der Waals surface area contributed by atoms with Crippen LogP contribution in [0.1, 0.15) is 0 Å². The summed E-state index contributed by atoms with van der Waals surface area (Å²) in [6, 6.07) is 81.8. The third-order valence-electron chi connectivity index (χ3n) is 14.1. The highest BCUT2D eigenvalue weighted by molar-refractivity contribution is 6.22. The molecule has 0 saturated heterocycles. The third kappa shape index (κ3) is 5.72. The molecule has 0 atom stereocenters. The molecular formula is C63H38N6O. The van der Waals surface area contributed by atoms with Crippen LogP contribution in [0.4, 0.5) is 0 Å². The van der Waals surface area contributed by atoms with Crippen LogP contribution in [0.5, 0.6) is 0 Å². The molecule has 7 nitrogen and oxygen atoms in total. The fourth-order valence-electron chi connectivity index (χ4n) is 11.0. The van der Waals surface area contributed by atoms with Gasteiger partial charge in [-0.15, -0.1) is 0 Å². The van der Waals surface area contributed by atoms with Gasteiger partial charge in [-0.3, -0.25) is 4.57 Å². The quantitative estimate of drug-likeness (QED) is 0.167. The van der Waals surface area contributed by atoms with Crippen molar-refractivity contribution in [2.75, 3.05) is 0 Å². The largest absolute Gasteiger partial charge is 0.417 e. The second-order valence-corrected chi connectivity index (χ2v) is 18.0. The first-order valence-electron chi connectivity index (χ1n) is 23.6. The minimum atomic E-state index is 0.418. The van der Waals surface area contributed by atoms with Crippen molar-refractivity contribution in [1.29, 1.82) is 0 Å². The predicted octanol–water partition coefficient (Wildman–Crippen LogP) is 16.1. The van der Waals surface area contributed by atoms with E-state index < -0.39 is 0 Å². The van der Waals surface area contributed by atoms with E-state index in [4.69, 9.17) is 19.4 Å². The Hall–Kier alpha value is -9.59. The van der Waals surface area contributed by atoms with Gasteiger partial charge in [0.2, 0.25) is 11.8 Å². The Bertz CT molecular complexity index is 4580. The average Bonchev–Trinajstić information content (AvgIpc) is 4.19. The summed E-state index contributed by atoms with van der Waals surface area (Å²) in [6.07, 6.45) is 0. The van der Waals surface area contributed by atoms with E-state index in [9.17, 15) is 0 Å². The molecule has 15 aromatic rings. The highest BCUT2D eigenvalue weighted by atomic mass is 16.4. The van der Waals surface area contributed by atoms with Gasteiger partial charge in [0.25, 0.3) is 5.71 Å². The van der Waals surface area contributed by atoms with Crippen molar-refractivity contribution in [3.8, 4) is 51.2 Å². The van der Waals surface area contributed by atoms with Crippen molar-refractivity contribution in [1.82, 2.24) is 28.7 Å². The van der Waals surface area contributed by atoms with Crippen LogP contribution in [-0.2, 0) is 0 Å². The molecule has 0 aliphatic rings. The number of benzene rings is 10. The number of hydrogen-bond acceptors (Lipinski definition) is 4. The summed E-state index contributed by atoms with van der Waals surface area (Å²) in [5, 5.41) is 9.29. The maximum absolute atomic E-state index is 6.66. The molecule has 0 bridgehead atoms. The summed E-state index contributed by atoms with van der Waals surface area (Å²) in [4.78, 5) is 16.0. The van der Waals surface area contributed by atoms with Crippen molar-refractivity contribution in [2.45, 2.75) is 0 Å². The number of fused-ring (bicyclic) bond motifs is 12. The van der Waals surface area contributed by atoms with Crippen molar-refractivity contribution in [2.24, 2.45) is 0 Å². The van der Waals surface area contributed by atoms with Crippen LogP contribution in [0.15, 0.2) is 235 Å². The molecule has 0 fully saturated rings. The molecule has 15 rings (SSSR count). The summed E-state index contributed by atoms with van der Waals surface area (Å²) in [5.74, 6) is 0.995. The summed E-state index contributed by atoms with van der Waals surface area (Å²) in [6.45, 7) is 0. The normalized spacial score (nSPS) is 12.0. The smallest absolute Gasteiger partial charge is 0.252 e. The second kappa shape index (κ2) is 15.0. The van der Waals surface area contributed by atoms with Crippen LogP contribution in [0.25, 0.3) is 139 Å². The van der Waals surface area contributed by atoms with Gasteiger partial charge in [0, 0.05) is 54.8 Å². The lowest BCUT2D eigenvalue weighted by Crippen LogP contribution is -2.03. The Morgan fingerprint density at radius 1 is 0.314 bits per heavy atom. The minimum Gasteiger partial charge on any atom is -0.417 e. The number of aromatic nitrogens is 6. The highest BCUT2D eigenvalue weighted by Gasteiger charge is 2.24. The average molecular weight is 895 g/mol. The first kappa shape index (κ1) is 38.5. The minimum absolute atomic E-state index is 0.418. The van der Waals surface area contributed by atoms with Gasteiger partial charge in [-0.2, -0.15) is 4.98 Å². The maximum atomic E-state index is 6.66. The third-order valence-corrected chi connectivity index (χ3v) is 14.1. The number of para-hydroxylation sites is 4. The van der Waals surface area contributed by atoms with E-state index in [1.54, 1.807) is 0 Å². The molecule has 7 heteroatoms. The predicted molar refractivity (Wildman–Crippen MR) is 286 cm³/mol. The van der Waals surface area contributed by atoms with E-state index in [0.29, 0.717) is 28.8 Å². The van der Waals surface area contributed by atoms with Gasteiger partial charge in [-0.25, -0.2) is 9.97 Å². The zero-order valence-corrected chi connectivity index (χ0v) is 37.5. The molecule has 70 heavy (non-hydrogen) atoms. The Kier molecular flexibility index (Phi) is 8.23.